The maximum atomic E-state index is 13.0. The zero-order valence-electron chi connectivity index (χ0n) is 6.18. The van der Waals surface area contributed by atoms with E-state index in [1.54, 1.807) is 0 Å². The molecule has 0 amide bonds. The van der Waals surface area contributed by atoms with E-state index in [1.165, 1.54) is 5.70 Å². The van der Waals surface area contributed by atoms with Gasteiger partial charge in [0.05, 0.1) is 0 Å². The van der Waals surface area contributed by atoms with Gasteiger partial charge in [0.15, 0.2) is 0 Å². The van der Waals surface area contributed by atoms with Crippen molar-refractivity contribution in [3.05, 3.63) is 11.8 Å². The van der Waals surface area contributed by atoms with E-state index in [0.29, 0.717) is 6.54 Å². The van der Waals surface area contributed by atoms with Crippen molar-refractivity contribution in [1.29, 1.82) is 0 Å². The second-order valence-corrected chi connectivity index (χ2v) is 3.17. The van der Waals surface area contributed by atoms with Gasteiger partial charge in [-0.3, -0.25) is 0 Å². The molecule has 56 valence electrons. The third kappa shape index (κ3) is 0.678. The first kappa shape index (κ1) is 6.20. The topological polar surface area (TPSA) is 3.24 Å². The lowest BCUT2D eigenvalue weighted by Crippen LogP contribution is -2.16. The number of hydrogen-bond acceptors (Lipinski definition) is 1. The van der Waals surface area contributed by atoms with Crippen LogP contribution in [0.15, 0.2) is 11.8 Å². The van der Waals surface area contributed by atoms with Crippen molar-refractivity contribution >= 4 is 0 Å². The Morgan fingerprint density at radius 2 is 2.50 bits per heavy atom. The van der Waals surface area contributed by atoms with Crippen molar-refractivity contribution in [2.45, 2.75) is 19.5 Å². The fraction of sp³-hybridized carbons (Fsp3) is 0.750. The highest BCUT2D eigenvalue weighted by atomic mass is 19.1. The van der Waals surface area contributed by atoms with Crippen LogP contribution < -0.4 is 0 Å². The molecule has 1 nitrogen and oxygen atoms in total. The molecule has 0 N–H and O–H groups in total. The smallest absolute Gasteiger partial charge is 0.125 e. The van der Waals surface area contributed by atoms with Gasteiger partial charge >= 0.3 is 0 Å². The summed E-state index contributed by atoms with van der Waals surface area (Å²) in [5.41, 5.74) is 1.24. The van der Waals surface area contributed by atoms with Gasteiger partial charge in [-0.15, -0.1) is 0 Å². The molecule has 2 aliphatic heterocycles. The molecule has 0 aromatic carbocycles. The Balaban J connectivity index is 2.22. The molecule has 0 aromatic heterocycles. The molecule has 2 heteroatoms. The number of alkyl halides is 1. The summed E-state index contributed by atoms with van der Waals surface area (Å²) in [4.78, 5) is 2.16. The molecule has 2 aliphatic rings. The molecule has 1 unspecified atom stereocenters. The Kier molecular flexibility index (Phi) is 1.22. The summed E-state index contributed by atoms with van der Waals surface area (Å²) in [6, 6.07) is 0. The van der Waals surface area contributed by atoms with E-state index in [-0.39, 0.29) is 5.92 Å². The van der Waals surface area contributed by atoms with Crippen molar-refractivity contribution in [2.24, 2.45) is 5.92 Å². The van der Waals surface area contributed by atoms with Gasteiger partial charge in [-0.1, -0.05) is 13.0 Å². The summed E-state index contributed by atoms with van der Waals surface area (Å²) < 4.78 is 13.0. The summed E-state index contributed by atoms with van der Waals surface area (Å²) in [6.07, 6.45) is 2.67. The normalized spacial score (nSPS) is 38.2. The van der Waals surface area contributed by atoms with Crippen LogP contribution in [0, 0.1) is 5.92 Å². The van der Waals surface area contributed by atoms with Gasteiger partial charge in [0.25, 0.3) is 0 Å². The molecule has 0 spiro atoms. The van der Waals surface area contributed by atoms with Crippen LogP contribution in [0.1, 0.15) is 13.3 Å². The molecule has 0 aromatic rings. The van der Waals surface area contributed by atoms with Crippen LogP contribution in [-0.2, 0) is 0 Å². The molecule has 0 radical (unpaired) electrons. The second kappa shape index (κ2) is 1.97. The average molecular weight is 141 g/mol. The maximum Gasteiger partial charge on any atom is 0.125 e. The van der Waals surface area contributed by atoms with Gasteiger partial charge in [-0.2, -0.15) is 0 Å². The lowest BCUT2D eigenvalue weighted by atomic mass is 10.1. The Bertz CT molecular complexity index is 176. The lowest BCUT2D eigenvalue weighted by Gasteiger charge is -2.12. The highest BCUT2D eigenvalue weighted by molar-refractivity contribution is 5.17. The van der Waals surface area contributed by atoms with Crippen molar-refractivity contribution in [1.82, 2.24) is 4.90 Å². The van der Waals surface area contributed by atoms with E-state index in [9.17, 15) is 4.39 Å². The molecule has 10 heavy (non-hydrogen) atoms. The third-order valence-electron chi connectivity index (χ3n) is 2.52. The molecule has 0 saturated carbocycles. The monoisotopic (exact) mass is 141 g/mol. The number of nitrogens with zero attached hydrogens (tertiary/aromatic N) is 1. The zero-order valence-corrected chi connectivity index (χ0v) is 6.18. The van der Waals surface area contributed by atoms with Crippen molar-refractivity contribution in [3.8, 4) is 0 Å². The Hall–Kier alpha value is -0.530. The molecule has 2 heterocycles. The van der Waals surface area contributed by atoms with Crippen LogP contribution in [-0.4, -0.2) is 24.2 Å². The Labute approximate surface area is 60.5 Å². The number of fused-ring (bicyclic) bond motifs is 1. The first-order chi connectivity index (χ1) is 4.79. The van der Waals surface area contributed by atoms with Gasteiger partial charge in [0.2, 0.25) is 0 Å². The standard InChI is InChI=1S/C8H12FN/c1-6-7(9)5-10-4-2-3-8(6)10/h3,6-7H,2,4-5H2,1H3/t6?,7-/m0/s1. The maximum absolute atomic E-state index is 13.0. The minimum atomic E-state index is -0.619. The predicted molar refractivity (Wildman–Crippen MR) is 38.3 cm³/mol. The Morgan fingerprint density at radius 3 is 3.20 bits per heavy atom. The molecule has 0 aliphatic carbocycles. The fourth-order valence-electron chi connectivity index (χ4n) is 1.85. The summed E-state index contributed by atoms with van der Waals surface area (Å²) in [5.74, 6) is 0.155. The molecule has 0 bridgehead atoms. The number of allylic oxidation sites excluding steroid dienone is 1. The number of rotatable bonds is 0. The molecule has 2 rings (SSSR count). The highest BCUT2D eigenvalue weighted by Crippen LogP contribution is 2.33. The molecule has 1 fully saturated rings. The van der Waals surface area contributed by atoms with Gasteiger partial charge in [0.1, 0.15) is 6.17 Å². The first-order valence-electron chi connectivity index (χ1n) is 3.88. The van der Waals surface area contributed by atoms with Crippen molar-refractivity contribution < 1.29 is 4.39 Å². The molecule has 2 atom stereocenters. The Morgan fingerprint density at radius 1 is 1.70 bits per heavy atom. The van der Waals surface area contributed by atoms with Crippen LogP contribution in [0.2, 0.25) is 0 Å². The second-order valence-electron chi connectivity index (χ2n) is 3.17. The summed E-state index contributed by atoms with van der Waals surface area (Å²) in [6.45, 7) is 3.65. The first-order valence-corrected chi connectivity index (χ1v) is 3.88. The average Bonchev–Trinajstić information content (AvgIpc) is 2.41. The molecular formula is C8H12FN. The van der Waals surface area contributed by atoms with E-state index in [4.69, 9.17) is 0 Å². The van der Waals surface area contributed by atoms with Crippen LogP contribution in [0.4, 0.5) is 4.39 Å². The van der Waals surface area contributed by atoms with E-state index in [2.05, 4.69) is 11.0 Å². The predicted octanol–water partition coefficient (Wildman–Crippen LogP) is 1.56. The van der Waals surface area contributed by atoms with Crippen LogP contribution in [0.3, 0.4) is 0 Å². The largest absolute Gasteiger partial charge is 0.372 e. The van der Waals surface area contributed by atoms with Crippen LogP contribution >= 0.6 is 0 Å². The van der Waals surface area contributed by atoms with E-state index in [0.717, 1.165) is 13.0 Å². The van der Waals surface area contributed by atoms with Gasteiger partial charge < -0.3 is 4.90 Å². The van der Waals surface area contributed by atoms with Crippen LogP contribution in [0.25, 0.3) is 0 Å². The minimum absolute atomic E-state index is 0.155. The van der Waals surface area contributed by atoms with Gasteiger partial charge in [-0.05, 0) is 6.42 Å². The summed E-state index contributed by atoms with van der Waals surface area (Å²) in [7, 11) is 0. The summed E-state index contributed by atoms with van der Waals surface area (Å²) in [5, 5.41) is 0. The fourth-order valence-corrected chi connectivity index (χ4v) is 1.85. The zero-order chi connectivity index (χ0) is 7.14. The highest BCUT2D eigenvalue weighted by Gasteiger charge is 2.35. The summed E-state index contributed by atoms with van der Waals surface area (Å²) >= 11 is 0. The molecular weight excluding hydrogens is 129 g/mol. The number of halogens is 1. The SMILES string of the molecule is CC1C2=CCCN2C[C@@H]1F. The third-order valence-corrected chi connectivity index (χ3v) is 2.52. The quantitative estimate of drug-likeness (QED) is 0.495. The van der Waals surface area contributed by atoms with Crippen molar-refractivity contribution in [3.63, 3.8) is 0 Å². The van der Waals surface area contributed by atoms with Gasteiger partial charge in [-0.25, -0.2) is 4.39 Å². The van der Waals surface area contributed by atoms with Crippen molar-refractivity contribution in [2.75, 3.05) is 13.1 Å². The van der Waals surface area contributed by atoms with Gasteiger partial charge in [0, 0.05) is 24.7 Å². The minimum Gasteiger partial charge on any atom is -0.372 e. The van der Waals surface area contributed by atoms with E-state index < -0.39 is 6.17 Å². The van der Waals surface area contributed by atoms with E-state index >= 15 is 0 Å². The lowest BCUT2D eigenvalue weighted by molar-refractivity contribution is 0.280. The van der Waals surface area contributed by atoms with Crippen LogP contribution in [0.5, 0.6) is 0 Å². The molecule has 1 saturated heterocycles. The van der Waals surface area contributed by atoms with E-state index in [1.807, 2.05) is 6.92 Å². The number of hydrogen-bond donors (Lipinski definition) is 0.